The number of benzene rings is 1. The molecule has 0 amide bonds. The Bertz CT molecular complexity index is 579. The van der Waals surface area contributed by atoms with Gasteiger partial charge in [-0.2, -0.15) is 5.10 Å². The lowest BCUT2D eigenvalue weighted by Gasteiger charge is -2.23. The molecule has 3 N–H and O–H groups in total. The van der Waals surface area contributed by atoms with Crippen LogP contribution >= 0.6 is 23.8 Å². The maximum absolute atomic E-state index is 13.0. The van der Waals surface area contributed by atoms with Gasteiger partial charge >= 0.3 is 0 Å². The van der Waals surface area contributed by atoms with Crippen LogP contribution in [0.2, 0.25) is 5.02 Å². The van der Waals surface area contributed by atoms with Crippen molar-refractivity contribution in [1.29, 1.82) is 0 Å². The summed E-state index contributed by atoms with van der Waals surface area (Å²) < 4.78 is 18.4. The van der Waals surface area contributed by atoms with Crippen molar-refractivity contribution >= 4 is 34.6 Å². The fourth-order valence-electron chi connectivity index (χ4n) is 2.28. The van der Waals surface area contributed by atoms with E-state index < -0.39 is 0 Å². The van der Waals surface area contributed by atoms with Crippen LogP contribution in [0.25, 0.3) is 0 Å². The van der Waals surface area contributed by atoms with Gasteiger partial charge in [0, 0.05) is 5.56 Å². The smallest absolute Gasteiger partial charge is 0.187 e. The van der Waals surface area contributed by atoms with Crippen molar-refractivity contribution in [2.45, 2.75) is 6.92 Å². The molecule has 0 spiro atoms. The molecule has 1 heterocycles. The van der Waals surface area contributed by atoms with Crippen LogP contribution in [0.3, 0.4) is 0 Å². The molecule has 2 rings (SSSR count). The number of ether oxygens (including phenoxy) is 1. The highest BCUT2D eigenvalue weighted by Gasteiger charge is 2.12. The fraction of sp³-hybridized carbons (Fsp3) is 0.467. The highest BCUT2D eigenvalue weighted by Crippen LogP contribution is 2.17. The number of hydrogen-bond donors (Lipinski definition) is 3. The molecule has 0 unspecified atom stereocenters. The standard InChI is InChI=1S/C15H20ClFN4OS/c1-11(13-3-2-12(17)10-14(13)16)19-20-15(23)18-4-5-21-6-8-22-9-7-21/h2-3,10H,4-9H2,1H3,(H2,18,20,23)/p+1/b19-11-. The average molecular weight is 360 g/mol. The second-order valence-electron chi connectivity index (χ2n) is 5.30. The summed E-state index contributed by atoms with van der Waals surface area (Å²) in [5.41, 5.74) is 4.09. The Morgan fingerprint density at radius 2 is 2.17 bits per heavy atom. The third kappa shape index (κ3) is 6.02. The number of hydrogen-bond acceptors (Lipinski definition) is 3. The lowest BCUT2D eigenvalue weighted by molar-refractivity contribution is -0.906. The number of nitrogens with zero attached hydrogens (tertiary/aromatic N) is 1. The maximum Gasteiger partial charge on any atom is 0.187 e. The van der Waals surface area contributed by atoms with E-state index in [1.807, 2.05) is 0 Å². The molecule has 0 aliphatic carbocycles. The van der Waals surface area contributed by atoms with Gasteiger partial charge in [0.2, 0.25) is 0 Å². The Hall–Kier alpha value is -1.28. The van der Waals surface area contributed by atoms with Crippen LogP contribution < -0.4 is 15.6 Å². The van der Waals surface area contributed by atoms with Gasteiger partial charge in [-0.25, -0.2) is 4.39 Å². The van der Waals surface area contributed by atoms with Crippen LogP contribution in [0.1, 0.15) is 12.5 Å². The summed E-state index contributed by atoms with van der Waals surface area (Å²) in [6.45, 7) is 7.24. The number of quaternary nitrogens is 1. The Kier molecular flexibility index (Phi) is 7.16. The molecule has 0 saturated carbocycles. The second kappa shape index (κ2) is 9.12. The minimum atomic E-state index is -0.373. The number of rotatable bonds is 5. The van der Waals surface area contributed by atoms with E-state index in [0.717, 1.165) is 39.4 Å². The molecule has 1 aliphatic heterocycles. The van der Waals surface area contributed by atoms with E-state index >= 15 is 0 Å². The third-order valence-electron chi connectivity index (χ3n) is 3.61. The van der Waals surface area contributed by atoms with Gasteiger partial charge in [-0.3, -0.25) is 5.43 Å². The Morgan fingerprint density at radius 1 is 1.43 bits per heavy atom. The number of morpholine rings is 1. The highest BCUT2D eigenvalue weighted by atomic mass is 35.5. The molecular formula is C15H21ClFN4OS+. The van der Waals surface area contributed by atoms with Crippen molar-refractivity contribution in [2.24, 2.45) is 5.10 Å². The SMILES string of the molecule is C/C(=N/NC(=S)NCC[NH+]1CCOCC1)c1ccc(F)cc1Cl. The van der Waals surface area contributed by atoms with Crippen LogP contribution in [-0.2, 0) is 4.74 Å². The lowest BCUT2D eigenvalue weighted by atomic mass is 10.1. The van der Waals surface area contributed by atoms with Crippen LogP contribution in [0, 0.1) is 5.82 Å². The minimum absolute atomic E-state index is 0.322. The maximum atomic E-state index is 13.0. The zero-order chi connectivity index (χ0) is 16.7. The summed E-state index contributed by atoms with van der Waals surface area (Å²) in [5.74, 6) is -0.373. The molecule has 5 nitrogen and oxygen atoms in total. The van der Waals surface area contributed by atoms with Crippen LogP contribution in [0.4, 0.5) is 4.39 Å². The number of halogens is 2. The van der Waals surface area contributed by atoms with Crippen molar-refractivity contribution in [3.63, 3.8) is 0 Å². The monoisotopic (exact) mass is 359 g/mol. The lowest BCUT2D eigenvalue weighted by Crippen LogP contribution is -3.14. The highest BCUT2D eigenvalue weighted by molar-refractivity contribution is 7.80. The molecule has 1 aromatic rings. The third-order valence-corrected chi connectivity index (χ3v) is 4.16. The summed E-state index contributed by atoms with van der Waals surface area (Å²) in [6, 6.07) is 4.20. The Morgan fingerprint density at radius 3 is 2.87 bits per heavy atom. The van der Waals surface area contributed by atoms with E-state index in [9.17, 15) is 4.39 Å². The zero-order valence-electron chi connectivity index (χ0n) is 13.0. The van der Waals surface area contributed by atoms with Crippen molar-refractivity contribution in [3.05, 3.63) is 34.6 Å². The van der Waals surface area contributed by atoms with Gasteiger partial charge in [0.1, 0.15) is 18.9 Å². The first-order valence-electron chi connectivity index (χ1n) is 7.51. The van der Waals surface area contributed by atoms with E-state index in [-0.39, 0.29) is 5.82 Å². The summed E-state index contributed by atoms with van der Waals surface area (Å²) in [6.07, 6.45) is 0. The van der Waals surface area contributed by atoms with Gasteiger partial charge in [0.15, 0.2) is 5.11 Å². The molecule has 1 saturated heterocycles. The second-order valence-corrected chi connectivity index (χ2v) is 6.12. The van der Waals surface area contributed by atoms with Crippen LogP contribution in [0.5, 0.6) is 0 Å². The first-order valence-corrected chi connectivity index (χ1v) is 8.30. The van der Waals surface area contributed by atoms with Gasteiger partial charge in [-0.05, 0) is 37.3 Å². The van der Waals surface area contributed by atoms with Crippen molar-refractivity contribution in [1.82, 2.24) is 10.7 Å². The largest absolute Gasteiger partial charge is 0.370 e. The van der Waals surface area contributed by atoms with Gasteiger partial charge < -0.3 is 15.0 Å². The van der Waals surface area contributed by atoms with Crippen LogP contribution in [0.15, 0.2) is 23.3 Å². The first-order chi connectivity index (χ1) is 11.1. The van der Waals surface area contributed by atoms with E-state index in [0.29, 0.717) is 21.4 Å². The van der Waals surface area contributed by atoms with Crippen LogP contribution in [-0.4, -0.2) is 50.2 Å². The summed E-state index contributed by atoms with van der Waals surface area (Å²) >= 11 is 11.2. The van der Waals surface area contributed by atoms with E-state index in [1.54, 1.807) is 13.0 Å². The molecule has 1 aromatic carbocycles. The minimum Gasteiger partial charge on any atom is -0.370 e. The normalized spacial score (nSPS) is 16.2. The van der Waals surface area contributed by atoms with Crippen molar-refractivity contribution in [2.75, 3.05) is 39.4 Å². The topological polar surface area (TPSA) is 50.1 Å². The van der Waals surface area contributed by atoms with Gasteiger partial charge in [-0.15, -0.1) is 0 Å². The molecule has 0 radical (unpaired) electrons. The fourth-order valence-corrected chi connectivity index (χ4v) is 2.73. The molecule has 1 aliphatic rings. The summed E-state index contributed by atoms with van der Waals surface area (Å²) in [4.78, 5) is 1.50. The van der Waals surface area contributed by atoms with Gasteiger partial charge in [0.25, 0.3) is 0 Å². The summed E-state index contributed by atoms with van der Waals surface area (Å²) in [7, 11) is 0. The van der Waals surface area contributed by atoms with Gasteiger partial charge in [-0.1, -0.05) is 11.6 Å². The predicted molar refractivity (Wildman–Crippen MR) is 93.7 cm³/mol. The number of nitrogens with one attached hydrogen (secondary N) is 3. The molecule has 1 fully saturated rings. The Balaban J connectivity index is 1.75. The summed E-state index contributed by atoms with van der Waals surface area (Å²) in [5, 5.41) is 8.07. The quantitative estimate of drug-likeness (QED) is 0.409. The first kappa shape index (κ1) is 18.1. The molecule has 0 bridgehead atoms. The van der Waals surface area contributed by atoms with Gasteiger partial charge in [0.05, 0.1) is 37.0 Å². The average Bonchev–Trinajstić information content (AvgIpc) is 2.53. The van der Waals surface area contributed by atoms with Crippen molar-refractivity contribution < 1.29 is 14.0 Å². The number of thiocarbonyl (C=S) groups is 1. The van der Waals surface area contributed by atoms with E-state index in [1.165, 1.54) is 17.0 Å². The predicted octanol–water partition coefficient (Wildman–Crippen LogP) is 0.582. The zero-order valence-corrected chi connectivity index (χ0v) is 14.6. The Labute approximate surface area is 145 Å². The molecule has 0 aromatic heterocycles. The molecule has 8 heteroatoms. The molecule has 0 atom stereocenters. The number of hydrazone groups is 1. The van der Waals surface area contributed by atoms with E-state index in [2.05, 4.69) is 15.8 Å². The molecular weight excluding hydrogens is 339 g/mol. The molecule has 126 valence electrons. The molecule has 23 heavy (non-hydrogen) atoms. The van der Waals surface area contributed by atoms with E-state index in [4.69, 9.17) is 28.6 Å². The van der Waals surface area contributed by atoms with Crippen molar-refractivity contribution in [3.8, 4) is 0 Å².